The van der Waals surface area contributed by atoms with Gasteiger partial charge in [0.05, 0.1) is 0 Å². The molecule has 0 bridgehead atoms. The van der Waals surface area contributed by atoms with E-state index in [1.807, 2.05) is 0 Å². The summed E-state index contributed by atoms with van der Waals surface area (Å²) in [5.74, 6) is 3.93. The van der Waals surface area contributed by atoms with E-state index >= 15 is 0 Å². The second-order valence-electron chi connectivity index (χ2n) is 15.6. The van der Waals surface area contributed by atoms with Crippen molar-refractivity contribution in [1.82, 2.24) is 0 Å². The van der Waals surface area contributed by atoms with Gasteiger partial charge in [-0.1, -0.05) is 53.7 Å². The van der Waals surface area contributed by atoms with Crippen LogP contribution in [0.1, 0.15) is 132 Å². The van der Waals surface area contributed by atoms with Gasteiger partial charge in [0.2, 0.25) is 0 Å². The van der Waals surface area contributed by atoms with E-state index in [-0.39, 0.29) is 17.5 Å². The molecule has 2 heteroatoms. The molecule has 5 fully saturated rings. The van der Waals surface area contributed by atoms with Crippen LogP contribution in [0.15, 0.2) is 12.2 Å². The molecular formula is C34H56O2. The zero-order valence-electron chi connectivity index (χ0n) is 25.0. The topological polar surface area (TPSA) is 26.3 Å². The summed E-state index contributed by atoms with van der Waals surface area (Å²) in [6, 6.07) is 0. The van der Waals surface area contributed by atoms with E-state index in [0.29, 0.717) is 27.6 Å². The van der Waals surface area contributed by atoms with Gasteiger partial charge in [-0.2, -0.15) is 0 Å². The van der Waals surface area contributed by atoms with Crippen molar-refractivity contribution in [2.45, 2.75) is 139 Å². The third-order valence-electron chi connectivity index (χ3n) is 14.3. The van der Waals surface area contributed by atoms with Gasteiger partial charge < -0.3 is 4.74 Å². The minimum absolute atomic E-state index is 0.0937. The zero-order valence-corrected chi connectivity index (χ0v) is 25.0. The quantitative estimate of drug-likeness (QED) is 0.259. The van der Waals surface area contributed by atoms with E-state index < -0.39 is 0 Å². The molecule has 0 heterocycles. The number of ether oxygens (including phenoxy) is 1. The van der Waals surface area contributed by atoms with Crippen LogP contribution in [-0.2, 0) is 9.53 Å². The summed E-state index contributed by atoms with van der Waals surface area (Å²) in [6.07, 6.45) is 16.4. The summed E-state index contributed by atoms with van der Waals surface area (Å²) in [7, 11) is 0. The van der Waals surface area contributed by atoms with Crippen LogP contribution >= 0.6 is 0 Å². The SMILES string of the molecule is C=C(C)[C@H](CC)CC[C@@H](C)[C@H]1CC[C@@]2(C)[C@@H]3CC[C@H]4C(C)(C)[C@@H](OC(C)=O)CC[C@@]45C[C@@]35CC[C@]12C. The molecule has 0 aromatic carbocycles. The van der Waals surface area contributed by atoms with Crippen LogP contribution in [0, 0.1) is 56.7 Å². The molecule has 0 saturated heterocycles. The summed E-state index contributed by atoms with van der Waals surface area (Å²) in [6.45, 7) is 23.4. The summed E-state index contributed by atoms with van der Waals surface area (Å²) in [5, 5.41) is 0. The molecule has 5 aliphatic carbocycles. The van der Waals surface area contributed by atoms with Gasteiger partial charge in [-0.15, -0.1) is 0 Å². The summed E-state index contributed by atoms with van der Waals surface area (Å²) < 4.78 is 5.92. The lowest BCUT2D eigenvalue weighted by molar-refractivity contribution is -0.181. The zero-order chi connectivity index (χ0) is 26.3. The van der Waals surface area contributed by atoms with Crippen LogP contribution in [0.2, 0.25) is 0 Å². The molecule has 5 rings (SSSR count). The standard InChI is InChI=1S/C34H56O2/c1-10-25(22(2)3)12-11-23(4)26-15-17-32(9)28-14-13-27-30(6,7)29(36-24(5)35)16-18-33(27)21-34(28,33)20-19-31(26,32)8/h23,25-29H,2,10-21H2,1,3-9H3/t23-,25-,26-,27+,28+,29+,31-,32+,33-,34+/m1/s1. The Morgan fingerprint density at radius 3 is 2.19 bits per heavy atom. The van der Waals surface area contributed by atoms with Crippen molar-refractivity contribution in [3.05, 3.63) is 12.2 Å². The first-order valence-electron chi connectivity index (χ1n) is 15.6. The molecule has 36 heavy (non-hydrogen) atoms. The van der Waals surface area contributed by atoms with Crippen molar-refractivity contribution >= 4 is 5.97 Å². The molecule has 5 saturated carbocycles. The molecule has 0 N–H and O–H groups in total. The first-order valence-corrected chi connectivity index (χ1v) is 15.6. The van der Waals surface area contributed by atoms with Gasteiger partial charge in [0, 0.05) is 12.3 Å². The fourth-order valence-electron chi connectivity index (χ4n) is 12.2. The van der Waals surface area contributed by atoms with Crippen LogP contribution < -0.4 is 0 Å². The Kier molecular flexibility index (Phi) is 6.41. The molecule has 0 unspecified atom stereocenters. The van der Waals surface area contributed by atoms with Crippen LogP contribution in [0.5, 0.6) is 0 Å². The lowest BCUT2D eigenvalue weighted by atomic mass is 9.41. The first-order chi connectivity index (χ1) is 16.8. The second kappa shape index (κ2) is 8.61. The Morgan fingerprint density at radius 2 is 1.56 bits per heavy atom. The fraction of sp³-hybridized carbons (Fsp3) is 0.912. The van der Waals surface area contributed by atoms with Gasteiger partial charge in [-0.25, -0.2) is 0 Å². The molecule has 0 amide bonds. The Hall–Kier alpha value is -0.790. The molecular weight excluding hydrogens is 440 g/mol. The highest BCUT2D eigenvalue weighted by Crippen LogP contribution is 2.89. The van der Waals surface area contributed by atoms with Crippen LogP contribution in [0.25, 0.3) is 0 Å². The summed E-state index contributed by atoms with van der Waals surface area (Å²) >= 11 is 0. The molecule has 0 aliphatic heterocycles. The van der Waals surface area contributed by atoms with Crippen LogP contribution in [-0.4, -0.2) is 12.1 Å². The lowest BCUT2D eigenvalue weighted by Gasteiger charge is -2.63. The number of esters is 1. The predicted molar refractivity (Wildman–Crippen MR) is 149 cm³/mol. The van der Waals surface area contributed by atoms with Crippen molar-refractivity contribution in [2.75, 3.05) is 0 Å². The largest absolute Gasteiger partial charge is 0.462 e. The number of rotatable bonds is 7. The van der Waals surface area contributed by atoms with Crippen LogP contribution in [0.3, 0.4) is 0 Å². The van der Waals surface area contributed by atoms with E-state index in [4.69, 9.17) is 4.74 Å². The molecule has 0 aromatic heterocycles. The van der Waals surface area contributed by atoms with Gasteiger partial charge in [0.25, 0.3) is 0 Å². The minimum Gasteiger partial charge on any atom is -0.462 e. The Labute approximate surface area is 222 Å². The number of hydrogen-bond donors (Lipinski definition) is 0. The molecule has 5 aliphatic rings. The number of fused-ring (bicyclic) bond motifs is 2. The number of carbonyl (C=O) groups excluding carboxylic acids is 1. The Bertz CT molecular complexity index is 903. The minimum atomic E-state index is -0.0937. The maximum absolute atomic E-state index is 11.9. The van der Waals surface area contributed by atoms with E-state index in [1.165, 1.54) is 76.2 Å². The molecule has 10 atom stereocenters. The number of allylic oxidation sites excluding steroid dienone is 1. The smallest absolute Gasteiger partial charge is 0.302 e. The Balaban J connectivity index is 1.36. The molecule has 204 valence electrons. The van der Waals surface area contributed by atoms with Crippen molar-refractivity contribution < 1.29 is 9.53 Å². The van der Waals surface area contributed by atoms with Gasteiger partial charge in [0.15, 0.2) is 0 Å². The van der Waals surface area contributed by atoms with E-state index in [9.17, 15) is 4.79 Å². The molecule has 2 spiro atoms. The highest BCUT2D eigenvalue weighted by atomic mass is 16.5. The molecule has 0 aromatic rings. The third kappa shape index (κ3) is 3.43. The maximum Gasteiger partial charge on any atom is 0.302 e. The second-order valence-corrected chi connectivity index (χ2v) is 15.6. The van der Waals surface area contributed by atoms with Crippen LogP contribution in [0.4, 0.5) is 0 Å². The fourth-order valence-corrected chi connectivity index (χ4v) is 12.2. The summed E-state index contributed by atoms with van der Waals surface area (Å²) in [5.41, 5.74) is 3.58. The van der Waals surface area contributed by atoms with Crippen molar-refractivity contribution in [3.8, 4) is 0 Å². The van der Waals surface area contributed by atoms with Crippen molar-refractivity contribution in [1.29, 1.82) is 0 Å². The summed E-state index contributed by atoms with van der Waals surface area (Å²) in [4.78, 5) is 11.9. The highest BCUT2D eigenvalue weighted by molar-refractivity contribution is 5.66. The Morgan fingerprint density at radius 1 is 0.889 bits per heavy atom. The first kappa shape index (κ1) is 26.8. The van der Waals surface area contributed by atoms with Gasteiger partial charge in [-0.3, -0.25) is 4.79 Å². The van der Waals surface area contributed by atoms with Crippen molar-refractivity contribution in [2.24, 2.45) is 56.7 Å². The van der Waals surface area contributed by atoms with Crippen molar-refractivity contribution in [3.63, 3.8) is 0 Å². The number of carbonyl (C=O) groups is 1. The number of hydrogen-bond acceptors (Lipinski definition) is 2. The maximum atomic E-state index is 11.9. The molecule has 0 radical (unpaired) electrons. The molecule has 2 nitrogen and oxygen atoms in total. The van der Waals surface area contributed by atoms with E-state index in [0.717, 1.165) is 30.1 Å². The lowest BCUT2D eigenvalue weighted by Crippen LogP contribution is -2.58. The highest BCUT2D eigenvalue weighted by Gasteiger charge is 2.82. The van der Waals surface area contributed by atoms with Gasteiger partial charge in [-0.05, 0) is 135 Å². The van der Waals surface area contributed by atoms with E-state index in [2.05, 4.69) is 55.0 Å². The third-order valence-corrected chi connectivity index (χ3v) is 14.3. The van der Waals surface area contributed by atoms with E-state index in [1.54, 1.807) is 6.92 Å². The predicted octanol–water partition coefficient (Wildman–Crippen LogP) is 9.38. The average Bonchev–Trinajstić information content (AvgIpc) is 3.38. The van der Waals surface area contributed by atoms with Gasteiger partial charge in [0.1, 0.15) is 6.10 Å². The normalized spacial score (nSPS) is 48.0. The monoisotopic (exact) mass is 496 g/mol. The van der Waals surface area contributed by atoms with Gasteiger partial charge >= 0.3 is 5.97 Å². The average molecular weight is 497 g/mol.